The summed E-state index contributed by atoms with van der Waals surface area (Å²) in [6.45, 7) is 13.6. The van der Waals surface area contributed by atoms with Crippen LogP contribution in [-0.2, 0) is 62.3 Å². The Kier molecular flexibility index (Phi) is 30.2. The second kappa shape index (κ2) is 37.1. The van der Waals surface area contributed by atoms with Crippen molar-refractivity contribution >= 4 is 82.5 Å². The minimum Gasteiger partial charge on any atom is -0.378 e. The van der Waals surface area contributed by atoms with Crippen molar-refractivity contribution < 1.29 is 88.6 Å². The number of ether oxygens (including phenoxy) is 1. The predicted molar refractivity (Wildman–Crippen MR) is 376 cm³/mol. The van der Waals surface area contributed by atoms with E-state index in [1.807, 2.05) is 20.8 Å². The third-order valence-corrected chi connectivity index (χ3v) is 24.2. The summed E-state index contributed by atoms with van der Waals surface area (Å²) in [4.78, 5) is 190. The van der Waals surface area contributed by atoms with Gasteiger partial charge in [0.25, 0.3) is 0 Å². The molecule has 1 spiro atoms. The molecule has 4 heterocycles. The van der Waals surface area contributed by atoms with E-state index in [2.05, 4.69) is 21.3 Å². The highest BCUT2D eigenvalue weighted by Crippen LogP contribution is 2.45. The standard InChI is InChI=1S/C73H115ClF6N12O13/c1-13-43(6)59-63(97)81-45(8)64(98)92-32-28-53(92)67(101)86(10)55(39-47-20-24-48(25-21-47)72(75,76)77)66(100)85(9)41-57(93)82-51(27-23-46-22-26-49(50(74)38-46)73(78,79)80)65(99)91-31-18-19-52(91)62(96)84-71(29-16-17-30-71)70(104)88(12)60(44(7)14-2)69(103)87(11)56(68(102)89-33-35-105-36-34-89)40-58(94)90(15-3)54(37-42(4)5)61(95)83-59/h42-56,59-60H,13-41H2,1-12H3,(H,81,97)(H,82,93)(H,83,95)(H,84,96)/t43-,44-,45-,46?,47?,48?,49?,50?,51-,52-,53-,54-,55-,56-,59-,60-/m0/s1. The number of amides is 12. The average molecular weight is 1520 g/mol. The molecule has 14 atom stereocenters. The van der Waals surface area contributed by atoms with Gasteiger partial charge < -0.3 is 65.2 Å². The van der Waals surface area contributed by atoms with Crippen LogP contribution < -0.4 is 21.3 Å². The molecule has 3 unspecified atom stereocenters. The molecule has 0 bridgehead atoms. The Balaban J connectivity index is 1.29. The van der Waals surface area contributed by atoms with Crippen LogP contribution in [0.1, 0.15) is 190 Å². The van der Waals surface area contributed by atoms with E-state index in [9.17, 15) is 50.3 Å². The molecule has 32 heteroatoms. The molecule has 594 valence electrons. The van der Waals surface area contributed by atoms with Crippen LogP contribution in [0.15, 0.2) is 0 Å². The predicted octanol–water partition coefficient (Wildman–Crippen LogP) is 6.16. The number of rotatable bonds is 13. The minimum absolute atomic E-state index is 0.00245. The number of alkyl halides is 7. The molecule has 4 N–H and O–H groups in total. The third kappa shape index (κ3) is 20.8. The van der Waals surface area contributed by atoms with Gasteiger partial charge in [0.05, 0.1) is 38.0 Å². The molecular weight excluding hydrogens is 1400 g/mol. The first-order valence-corrected chi connectivity index (χ1v) is 38.6. The first kappa shape index (κ1) is 85.7. The van der Waals surface area contributed by atoms with Gasteiger partial charge in [0, 0.05) is 66.3 Å². The Morgan fingerprint density at radius 1 is 0.619 bits per heavy atom. The fourth-order valence-electron chi connectivity index (χ4n) is 16.7. The molecule has 0 aromatic heterocycles. The number of hydrogen-bond acceptors (Lipinski definition) is 13. The normalized spacial score (nSPS) is 31.6. The van der Waals surface area contributed by atoms with Crippen molar-refractivity contribution in [1.29, 1.82) is 0 Å². The Labute approximate surface area is 619 Å². The maximum Gasteiger partial charge on any atom is 0.393 e. The molecule has 7 fully saturated rings. The van der Waals surface area contributed by atoms with Gasteiger partial charge >= 0.3 is 12.4 Å². The number of nitrogens with one attached hydrogen (secondary N) is 4. The molecule has 0 aromatic carbocycles. The van der Waals surface area contributed by atoms with Crippen molar-refractivity contribution in [2.24, 2.45) is 41.4 Å². The van der Waals surface area contributed by atoms with Gasteiger partial charge in [0.15, 0.2) is 0 Å². The van der Waals surface area contributed by atoms with Crippen molar-refractivity contribution in [3.63, 3.8) is 0 Å². The van der Waals surface area contributed by atoms with E-state index in [1.54, 1.807) is 27.7 Å². The topological polar surface area (TPSA) is 288 Å². The molecule has 105 heavy (non-hydrogen) atoms. The van der Waals surface area contributed by atoms with Crippen molar-refractivity contribution in [3.05, 3.63) is 0 Å². The van der Waals surface area contributed by atoms with Crippen LogP contribution >= 0.6 is 11.6 Å². The van der Waals surface area contributed by atoms with Gasteiger partial charge in [-0.2, -0.15) is 26.3 Å². The summed E-state index contributed by atoms with van der Waals surface area (Å²) in [6.07, 6.45) is -8.04. The van der Waals surface area contributed by atoms with Gasteiger partial charge in [0.1, 0.15) is 59.9 Å². The van der Waals surface area contributed by atoms with Crippen LogP contribution in [0, 0.1) is 41.4 Å². The van der Waals surface area contributed by atoms with E-state index in [0.29, 0.717) is 25.7 Å². The quantitative estimate of drug-likeness (QED) is 0.119. The van der Waals surface area contributed by atoms with E-state index in [1.165, 1.54) is 64.5 Å². The maximum atomic E-state index is 15.6. The number of morpholine rings is 1. The molecule has 4 aliphatic heterocycles. The van der Waals surface area contributed by atoms with Gasteiger partial charge in [-0.25, -0.2) is 0 Å². The van der Waals surface area contributed by atoms with Crippen LogP contribution in [0.5, 0.6) is 0 Å². The fraction of sp³-hybridized carbons (Fsp3) is 0.836. The Morgan fingerprint density at radius 3 is 1.80 bits per heavy atom. The van der Waals surface area contributed by atoms with Crippen LogP contribution in [-0.4, -0.2) is 268 Å². The van der Waals surface area contributed by atoms with E-state index in [4.69, 9.17) is 16.3 Å². The SMILES string of the molecule is CC[C@H](C)[C@@H]1NC(=O)[C@H](CC(C)C)N(CC)C(=O)C[C@@H](C(=O)N2CCOCC2)N(C)C(=O)[C@H]([C@@H](C)CC)N(C)C(=O)C2(CCCC2)NC(=O)[C@@H]2CCCN2C(=O)[C@H](CCC2CCC(C(F)(F)F)C(Cl)C2)NC(=O)CN(C)C(=O)[C@H](CC2CCC(C(F)(F)F)CC2)N(C)C(=O)[C@@H]2CCN2C(=O)[C@H](C)NC1=O. The number of likely N-dealkylation sites (N-methyl/N-ethyl adjacent to an activating group) is 5. The minimum atomic E-state index is -4.56. The molecular formula is C73H115ClF6N12O13. The second-order valence-electron chi connectivity index (χ2n) is 31.3. The lowest BCUT2D eigenvalue weighted by atomic mass is 9.78. The molecule has 12 amide bonds. The zero-order valence-corrected chi connectivity index (χ0v) is 64.1. The molecule has 25 nitrogen and oxygen atoms in total. The Bertz CT molecular complexity index is 3090. The van der Waals surface area contributed by atoms with Crippen molar-refractivity contribution in [1.82, 2.24) is 60.5 Å². The lowest BCUT2D eigenvalue weighted by molar-refractivity contribution is -0.184. The van der Waals surface area contributed by atoms with Gasteiger partial charge in [-0.1, -0.05) is 67.2 Å². The highest BCUT2D eigenvalue weighted by Gasteiger charge is 2.53. The molecule has 0 radical (unpaired) electrons. The second-order valence-corrected chi connectivity index (χ2v) is 31.8. The molecule has 7 aliphatic rings. The molecule has 0 aromatic rings. The number of fused-ring (bicyclic) bond motifs is 2. The third-order valence-electron chi connectivity index (χ3n) is 23.7. The zero-order valence-electron chi connectivity index (χ0n) is 63.4. The smallest absolute Gasteiger partial charge is 0.378 e. The number of halogens is 7. The van der Waals surface area contributed by atoms with Crippen LogP contribution in [0.4, 0.5) is 26.3 Å². The van der Waals surface area contributed by atoms with Crippen LogP contribution in [0.25, 0.3) is 0 Å². The molecule has 4 saturated heterocycles. The first-order chi connectivity index (χ1) is 49.3. The summed E-state index contributed by atoms with van der Waals surface area (Å²) in [5.41, 5.74) is -1.63. The fourth-order valence-corrected chi connectivity index (χ4v) is 17.2. The Morgan fingerprint density at radius 2 is 1.24 bits per heavy atom. The van der Waals surface area contributed by atoms with Gasteiger partial charge in [-0.3, -0.25) is 57.5 Å². The number of hydrogen-bond donors (Lipinski definition) is 4. The summed E-state index contributed by atoms with van der Waals surface area (Å²) >= 11 is 6.39. The monoisotopic (exact) mass is 1520 g/mol. The Hall–Kier alpha value is -6.53. The number of carbonyl (C=O) groups excluding carboxylic acids is 12. The van der Waals surface area contributed by atoms with Crippen molar-refractivity contribution in [2.45, 2.75) is 268 Å². The maximum absolute atomic E-state index is 15.6. The average Bonchev–Trinajstić information content (AvgIpc) is 1.42. The summed E-state index contributed by atoms with van der Waals surface area (Å²) in [5.74, 6) is -14.4. The molecule has 7 rings (SSSR count). The van der Waals surface area contributed by atoms with E-state index in [-0.39, 0.29) is 155 Å². The summed E-state index contributed by atoms with van der Waals surface area (Å²) in [5, 5.41) is 10.1. The summed E-state index contributed by atoms with van der Waals surface area (Å²) in [6, 6.07) is -11.9. The molecule has 3 aliphatic carbocycles. The van der Waals surface area contributed by atoms with Gasteiger partial charge in [0.2, 0.25) is 70.9 Å². The highest BCUT2D eigenvalue weighted by atomic mass is 35.5. The lowest BCUT2D eigenvalue weighted by Gasteiger charge is -2.44. The van der Waals surface area contributed by atoms with Crippen LogP contribution in [0.2, 0.25) is 0 Å². The first-order valence-electron chi connectivity index (χ1n) is 38.1. The summed E-state index contributed by atoms with van der Waals surface area (Å²) < 4.78 is 89.7. The number of carbonyl (C=O) groups is 12. The highest BCUT2D eigenvalue weighted by molar-refractivity contribution is 6.21. The van der Waals surface area contributed by atoms with E-state index in [0.717, 1.165) is 9.80 Å². The van der Waals surface area contributed by atoms with E-state index >= 15 is 33.6 Å². The van der Waals surface area contributed by atoms with Crippen molar-refractivity contribution in [2.75, 3.05) is 80.7 Å². The molecule has 3 saturated carbocycles. The van der Waals surface area contributed by atoms with Crippen molar-refractivity contribution in [3.8, 4) is 0 Å². The zero-order chi connectivity index (χ0) is 77.9. The van der Waals surface area contributed by atoms with Gasteiger partial charge in [-0.15, -0.1) is 11.6 Å². The van der Waals surface area contributed by atoms with Gasteiger partial charge in [-0.05, 0) is 146 Å². The lowest BCUT2D eigenvalue weighted by Crippen LogP contribution is -2.65. The number of nitrogens with zero attached hydrogens (tertiary/aromatic N) is 8. The van der Waals surface area contributed by atoms with Crippen LogP contribution in [0.3, 0.4) is 0 Å². The van der Waals surface area contributed by atoms with E-state index < -0.39 is 197 Å². The largest absolute Gasteiger partial charge is 0.393 e. The summed E-state index contributed by atoms with van der Waals surface area (Å²) in [7, 11) is 5.41.